The van der Waals surface area contributed by atoms with Gasteiger partial charge in [-0.3, -0.25) is 9.59 Å². The minimum absolute atomic E-state index is 0.0640. The van der Waals surface area contributed by atoms with Crippen molar-refractivity contribution in [3.63, 3.8) is 0 Å². The zero-order valence-corrected chi connectivity index (χ0v) is 12.2. The number of amides is 2. The molecule has 0 unspecified atom stereocenters. The van der Waals surface area contributed by atoms with Crippen molar-refractivity contribution in [1.82, 2.24) is 10.2 Å². The largest absolute Gasteiger partial charge is 0.391 e. The van der Waals surface area contributed by atoms with Crippen molar-refractivity contribution in [3.8, 4) is 0 Å². The molecule has 110 valence electrons. The second-order valence-electron chi connectivity index (χ2n) is 4.97. The zero-order valence-electron chi connectivity index (χ0n) is 11.4. The van der Waals surface area contributed by atoms with Gasteiger partial charge in [-0.05, 0) is 30.7 Å². The molecule has 0 bridgehead atoms. The van der Waals surface area contributed by atoms with Crippen molar-refractivity contribution in [2.45, 2.75) is 31.8 Å². The van der Waals surface area contributed by atoms with Gasteiger partial charge in [-0.15, -0.1) is 11.3 Å². The summed E-state index contributed by atoms with van der Waals surface area (Å²) in [6, 6.07) is 3.62. The van der Waals surface area contributed by atoms with Crippen LogP contribution < -0.4 is 5.32 Å². The Morgan fingerprint density at radius 1 is 1.50 bits per heavy atom. The van der Waals surface area contributed by atoms with Crippen LogP contribution in [0.25, 0.3) is 0 Å². The van der Waals surface area contributed by atoms with Crippen molar-refractivity contribution >= 4 is 23.2 Å². The first-order chi connectivity index (χ1) is 9.66. The predicted molar refractivity (Wildman–Crippen MR) is 77.7 cm³/mol. The third-order valence-electron chi connectivity index (χ3n) is 3.35. The maximum atomic E-state index is 11.9. The topological polar surface area (TPSA) is 69.6 Å². The lowest BCUT2D eigenvalue weighted by molar-refractivity contribution is -0.134. The van der Waals surface area contributed by atoms with E-state index in [1.807, 2.05) is 11.4 Å². The molecule has 0 spiro atoms. The lowest BCUT2D eigenvalue weighted by Gasteiger charge is -2.30. The van der Waals surface area contributed by atoms with Crippen LogP contribution in [-0.4, -0.2) is 47.6 Å². The van der Waals surface area contributed by atoms with E-state index >= 15 is 0 Å². The summed E-state index contributed by atoms with van der Waals surface area (Å²) in [6.07, 6.45) is 2.30. The lowest BCUT2D eigenvalue weighted by Crippen LogP contribution is -2.42. The van der Waals surface area contributed by atoms with Crippen LogP contribution in [0, 0.1) is 0 Å². The fourth-order valence-electron chi connectivity index (χ4n) is 2.28. The predicted octanol–water partition coefficient (Wildman–Crippen LogP) is 1.24. The van der Waals surface area contributed by atoms with E-state index in [0.717, 1.165) is 19.4 Å². The van der Waals surface area contributed by atoms with Crippen LogP contribution in [0.3, 0.4) is 0 Å². The van der Waals surface area contributed by atoms with E-state index in [2.05, 4.69) is 5.32 Å². The molecular formula is C14H20N2O3S. The van der Waals surface area contributed by atoms with Crippen LogP contribution >= 0.6 is 11.3 Å². The van der Waals surface area contributed by atoms with Crippen LogP contribution in [-0.2, 0) is 4.79 Å². The number of aliphatic hydroxyl groups is 1. The molecule has 2 N–H and O–H groups in total. The highest BCUT2D eigenvalue weighted by molar-refractivity contribution is 7.12. The number of piperidine rings is 1. The fourth-order valence-corrected chi connectivity index (χ4v) is 2.92. The number of nitrogens with one attached hydrogen (secondary N) is 1. The molecule has 2 rings (SSSR count). The van der Waals surface area contributed by atoms with Gasteiger partial charge in [0, 0.05) is 26.1 Å². The summed E-state index contributed by atoms with van der Waals surface area (Å²) in [5, 5.41) is 14.2. The number of carbonyl (C=O) groups is 2. The van der Waals surface area contributed by atoms with E-state index < -0.39 is 0 Å². The average Bonchev–Trinajstić information content (AvgIpc) is 2.97. The molecule has 5 nitrogen and oxygen atoms in total. The van der Waals surface area contributed by atoms with Gasteiger partial charge in [-0.2, -0.15) is 0 Å². The Hall–Kier alpha value is -1.40. The summed E-state index contributed by atoms with van der Waals surface area (Å²) in [7, 11) is 0. The molecule has 0 radical (unpaired) electrons. The highest BCUT2D eigenvalue weighted by atomic mass is 32.1. The van der Waals surface area contributed by atoms with Crippen molar-refractivity contribution in [3.05, 3.63) is 22.4 Å². The van der Waals surface area contributed by atoms with Crippen molar-refractivity contribution in [2.24, 2.45) is 0 Å². The molecule has 20 heavy (non-hydrogen) atoms. The molecule has 1 saturated heterocycles. The van der Waals surface area contributed by atoms with Gasteiger partial charge in [0.15, 0.2) is 0 Å². The van der Waals surface area contributed by atoms with Gasteiger partial charge in [0.05, 0.1) is 11.0 Å². The minimum Gasteiger partial charge on any atom is -0.391 e. The molecule has 2 amide bonds. The van der Waals surface area contributed by atoms with Gasteiger partial charge in [-0.1, -0.05) is 6.07 Å². The third-order valence-corrected chi connectivity index (χ3v) is 4.22. The van der Waals surface area contributed by atoms with E-state index in [1.54, 1.807) is 11.0 Å². The molecule has 1 atom stereocenters. The van der Waals surface area contributed by atoms with Crippen LogP contribution in [0.1, 0.15) is 35.4 Å². The fraction of sp³-hybridized carbons (Fsp3) is 0.571. The number of nitrogens with zero attached hydrogens (tertiary/aromatic N) is 1. The lowest BCUT2D eigenvalue weighted by atomic mass is 10.1. The summed E-state index contributed by atoms with van der Waals surface area (Å²) in [4.78, 5) is 26.0. The molecule has 2 heterocycles. The molecule has 1 aromatic rings. The molecule has 1 aliphatic heterocycles. The van der Waals surface area contributed by atoms with Crippen LogP contribution in [0.4, 0.5) is 0 Å². The maximum absolute atomic E-state index is 11.9. The van der Waals surface area contributed by atoms with Gasteiger partial charge in [0.1, 0.15) is 0 Å². The van der Waals surface area contributed by atoms with Crippen molar-refractivity contribution in [1.29, 1.82) is 0 Å². The molecule has 6 heteroatoms. The minimum atomic E-state index is -0.383. The normalized spacial score (nSPS) is 18.9. The number of thiophene rings is 1. The summed E-state index contributed by atoms with van der Waals surface area (Å²) in [5.41, 5.74) is 0. The van der Waals surface area contributed by atoms with Crippen molar-refractivity contribution in [2.75, 3.05) is 19.6 Å². The molecule has 0 aromatic carbocycles. The Bertz CT molecular complexity index is 447. The Kier molecular flexibility index (Phi) is 5.55. The van der Waals surface area contributed by atoms with E-state index in [0.29, 0.717) is 30.8 Å². The molecule has 1 aromatic heterocycles. The molecule has 0 saturated carbocycles. The van der Waals surface area contributed by atoms with Crippen LogP contribution in [0.2, 0.25) is 0 Å². The first kappa shape index (κ1) is 15.0. The monoisotopic (exact) mass is 296 g/mol. The first-order valence-corrected chi connectivity index (χ1v) is 7.82. The summed E-state index contributed by atoms with van der Waals surface area (Å²) in [6.45, 7) is 1.68. The average molecular weight is 296 g/mol. The second kappa shape index (κ2) is 7.40. The Morgan fingerprint density at radius 3 is 3.05 bits per heavy atom. The number of aliphatic hydroxyl groups excluding tert-OH is 1. The van der Waals surface area contributed by atoms with Gasteiger partial charge >= 0.3 is 0 Å². The number of carbonyl (C=O) groups excluding carboxylic acids is 2. The molecular weight excluding hydrogens is 276 g/mol. The van der Waals surface area contributed by atoms with Crippen LogP contribution in [0.5, 0.6) is 0 Å². The van der Waals surface area contributed by atoms with E-state index in [4.69, 9.17) is 0 Å². The van der Waals surface area contributed by atoms with E-state index in [-0.39, 0.29) is 17.9 Å². The first-order valence-electron chi connectivity index (χ1n) is 6.94. The molecule has 1 aliphatic rings. The Labute approximate surface area is 122 Å². The quantitative estimate of drug-likeness (QED) is 0.803. The van der Waals surface area contributed by atoms with Gasteiger partial charge < -0.3 is 15.3 Å². The number of hydrogen-bond donors (Lipinski definition) is 2. The number of likely N-dealkylation sites (tertiary alicyclic amines) is 1. The number of β-amino-alcohol motifs (C(OH)–C–C–N with tert-alkyl or cyclic N) is 1. The van der Waals surface area contributed by atoms with Crippen molar-refractivity contribution < 1.29 is 14.7 Å². The highest BCUT2D eigenvalue weighted by Gasteiger charge is 2.21. The third kappa shape index (κ3) is 4.31. The van der Waals surface area contributed by atoms with Gasteiger partial charge in [0.2, 0.25) is 5.91 Å². The zero-order chi connectivity index (χ0) is 14.4. The Balaban J connectivity index is 1.63. The maximum Gasteiger partial charge on any atom is 0.261 e. The smallest absolute Gasteiger partial charge is 0.261 e. The van der Waals surface area contributed by atoms with Gasteiger partial charge in [0.25, 0.3) is 5.91 Å². The summed E-state index contributed by atoms with van der Waals surface area (Å²) in [5.74, 6) is -0.0185. The standard InChI is InChI=1S/C14H20N2O3S/c17-11-4-2-8-16(10-11)13(18)6-1-7-15-14(19)12-5-3-9-20-12/h3,5,9,11,17H,1-2,4,6-8,10H2,(H,15,19)/t11-/m0/s1. The SMILES string of the molecule is O=C(NCCCC(=O)N1CCC[C@H](O)C1)c1cccs1. The van der Waals surface area contributed by atoms with E-state index in [9.17, 15) is 14.7 Å². The molecule has 1 fully saturated rings. The Morgan fingerprint density at radius 2 is 2.35 bits per heavy atom. The summed E-state index contributed by atoms with van der Waals surface area (Å²) >= 11 is 1.40. The number of rotatable bonds is 5. The molecule has 0 aliphatic carbocycles. The highest BCUT2D eigenvalue weighted by Crippen LogP contribution is 2.11. The number of hydrogen-bond acceptors (Lipinski definition) is 4. The second-order valence-corrected chi connectivity index (χ2v) is 5.92. The van der Waals surface area contributed by atoms with Crippen LogP contribution in [0.15, 0.2) is 17.5 Å². The summed E-state index contributed by atoms with van der Waals surface area (Å²) < 4.78 is 0. The van der Waals surface area contributed by atoms with E-state index in [1.165, 1.54) is 11.3 Å². The van der Waals surface area contributed by atoms with Gasteiger partial charge in [-0.25, -0.2) is 0 Å².